The van der Waals surface area contributed by atoms with Crippen LogP contribution < -0.4 is 30.4 Å². The molecule has 0 atom stereocenters. The molecular formula is C19H21N3O4S. The number of rotatable bonds is 6. The zero-order valence-electron chi connectivity index (χ0n) is 15.5. The summed E-state index contributed by atoms with van der Waals surface area (Å²) in [5, 5.41) is 0.447. The zero-order valence-corrected chi connectivity index (χ0v) is 16.3. The summed E-state index contributed by atoms with van der Waals surface area (Å²) in [4.78, 5) is 5.39. The van der Waals surface area contributed by atoms with Gasteiger partial charge in [-0.05, 0) is 35.9 Å². The third-order valence-electron chi connectivity index (χ3n) is 4.07. The van der Waals surface area contributed by atoms with Gasteiger partial charge in [-0.25, -0.2) is 4.98 Å². The first kappa shape index (κ1) is 18.7. The van der Waals surface area contributed by atoms with E-state index in [4.69, 9.17) is 30.4 Å². The third kappa shape index (κ3) is 3.43. The number of hydrogen-bond donors (Lipinski definition) is 2. The summed E-state index contributed by atoms with van der Waals surface area (Å²) in [6, 6.07) is 9.26. The largest absolute Gasteiger partial charge is 0.495 e. The van der Waals surface area contributed by atoms with E-state index >= 15 is 0 Å². The van der Waals surface area contributed by atoms with Gasteiger partial charge in [0.25, 0.3) is 0 Å². The summed E-state index contributed by atoms with van der Waals surface area (Å²) >= 11 is 1.38. The highest BCUT2D eigenvalue weighted by Crippen LogP contribution is 2.45. The van der Waals surface area contributed by atoms with E-state index in [0.717, 1.165) is 16.0 Å². The van der Waals surface area contributed by atoms with Gasteiger partial charge in [0.2, 0.25) is 5.75 Å². The molecule has 0 bridgehead atoms. The van der Waals surface area contributed by atoms with E-state index in [1.165, 1.54) is 11.3 Å². The monoisotopic (exact) mass is 387 g/mol. The number of nitrogens with zero attached hydrogens (tertiary/aromatic N) is 1. The third-order valence-corrected chi connectivity index (χ3v) is 5.01. The van der Waals surface area contributed by atoms with Crippen LogP contribution in [0.15, 0.2) is 30.3 Å². The lowest BCUT2D eigenvalue weighted by Gasteiger charge is -2.14. The second-order valence-corrected chi connectivity index (χ2v) is 6.63. The predicted molar refractivity (Wildman–Crippen MR) is 108 cm³/mol. The van der Waals surface area contributed by atoms with E-state index in [2.05, 4.69) is 4.98 Å². The van der Waals surface area contributed by atoms with Crippen LogP contribution in [0.4, 0.5) is 10.8 Å². The number of nitrogens with two attached hydrogens (primary N) is 2. The molecule has 1 aromatic heterocycles. The van der Waals surface area contributed by atoms with Gasteiger partial charge in [0.1, 0.15) is 5.75 Å². The van der Waals surface area contributed by atoms with Crippen LogP contribution >= 0.6 is 11.3 Å². The van der Waals surface area contributed by atoms with Crippen LogP contribution in [0.5, 0.6) is 23.0 Å². The molecule has 1 heterocycles. The van der Waals surface area contributed by atoms with Gasteiger partial charge in [0, 0.05) is 5.56 Å². The average molecular weight is 387 g/mol. The maximum atomic E-state index is 6.07. The molecule has 8 heteroatoms. The van der Waals surface area contributed by atoms with Crippen LogP contribution in [0, 0.1) is 0 Å². The van der Waals surface area contributed by atoms with Crippen molar-refractivity contribution in [3.05, 3.63) is 30.3 Å². The Hall–Kier alpha value is -3.13. The summed E-state index contributed by atoms with van der Waals surface area (Å²) in [6.45, 7) is 0. The van der Waals surface area contributed by atoms with Crippen molar-refractivity contribution in [3.8, 4) is 44.7 Å². The Kier molecular flexibility index (Phi) is 5.27. The number of methoxy groups -OCH3 is 4. The number of anilines is 2. The Morgan fingerprint density at radius 1 is 0.778 bits per heavy atom. The number of hydrogen-bond acceptors (Lipinski definition) is 8. The first-order chi connectivity index (χ1) is 13.0. The maximum absolute atomic E-state index is 6.07. The minimum Gasteiger partial charge on any atom is -0.495 e. The van der Waals surface area contributed by atoms with Crippen LogP contribution in [-0.2, 0) is 0 Å². The molecule has 27 heavy (non-hydrogen) atoms. The molecule has 2 aromatic carbocycles. The van der Waals surface area contributed by atoms with E-state index in [1.54, 1.807) is 28.4 Å². The van der Waals surface area contributed by atoms with Crippen LogP contribution in [0.25, 0.3) is 21.7 Å². The summed E-state index contributed by atoms with van der Waals surface area (Å²) in [5.74, 6) is 2.21. The van der Waals surface area contributed by atoms with Crippen molar-refractivity contribution >= 4 is 22.2 Å². The highest BCUT2D eigenvalue weighted by atomic mass is 32.1. The van der Waals surface area contributed by atoms with Gasteiger partial charge in [0.15, 0.2) is 16.6 Å². The maximum Gasteiger partial charge on any atom is 0.203 e. The fraction of sp³-hybridized carbons (Fsp3) is 0.211. The van der Waals surface area contributed by atoms with E-state index < -0.39 is 0 Å². The molecule has 0 saturated carbocycles. The van der Waals surface area contributed by atoms with Crippen molar-refractivity contribution < 1.29 is 18.9 Å². The zero-order chi connectivity index (χ0) is 19.6. The minimum absolute atomic E-state index is 0.447. The molecule has 0 fully saturated rings. The molecule has 0 aliphatic rings. The fourth-order valence-corrected chi connectivity index (χ4v) is 3.67. The molecule has 4 N–H and O–H groups in total. The van der Waals surface area contributed by atoms with E-state index in [9.17, 15) is 0 Å². The van der Waals surface area contributed by atoms with E-state index in [-0.39, 0.29) is 0 Å². The molecule has 142 valence electrons. The summed E-state index contributed by atoms with van der Waals surface area (Å²) < 4.78 is 21.5. The molecule has 0 aliphatic heterocycles. The highest BCUT2D eigenvalue weighted by molar-refractivity contribution is 7.19. The second kappa shape index (κ2) is 7.63. The lowest BCUT2D eigenvalue weighted by atomic mass is 10.0. The topological polar surface area (TPSA) is 102 Å². The van der Waals surface area contributed by atoms with Gasteiger partial charge in [-0.3, -0.25) is 0 Å². The number of thiazole rings is 1. The number of nitrogen functional groups attached to an aromatic ring is 2. The standard InChI is InChI=1S/C19H21N3O4S/c1-23-13-6-5-10(7-12(13)20)18-16(22-19(21)27-18)11-8-14(24-2)17(26-4)15(9-11)25-3/h5-9H,20H2,1-4H3,(H2,21,22). The Morgan fingerprint density at radius 3 is 1.93 bits per heavy atom. The fourth-order valence-electron chi connectivity index (χ4n) is 2.82. The van der Waals surface area contributed by atoms with E-state index in [0.29, 0.717) is 39.5 Å². The molecule has 3 rings (SSSR count). The Balaban J connectivity index is 2.18. The normalized spacial score (nSPS) is 10.5. The van der Waals surface area contributed by atoms with Crippen molar-refractivity contribution in [2.75, 3.05) is 39.9 Å². The van der Waals surface area contributed by atoms with Gasteiger partial charge < -0.3 is 30.4 Å². The molecular weight excluding hydrogens is 366 g/mol. The van der Waals surface area contributed by atoms with Gasteiger partial charge in [0.05, 0.1) is 44.7 Å². The van der Waals surface area contributed by atoms with E-state index in [1.807, 2.05) is 30.3 Å². The average Bonchev–Trinajstić information content (AvgIpc) is 3.08. The number of aromatic nitrogens is 1. The molecule has 3 aromatic rings. The van der Waals surface area contributed by atoms with Gasteiger partial charge in [-0.2, -0.15) is 0 Å². The van der Waals surface area contributed by atoms with Crippen molar-refractivity contribution in [2.45, 2.75) is 0 Å². The van der Waals surface area contributed by atoms with Gasteiger partial charge in [-0.15, -0.1) is 0 Å². The van der Waals surface area contributed by atoms with Crippen LogP contribution in [0.3, 0.4) is 0 Å². The highest BCUT2D eigenvalue weighted by Gasteiger charge is 2.20. The summed E-state index contributed by atoms with van der Waals surface area (Å²) in [5.41, 5.74) is 15.0. The lowest BCUT2D eigenvalue weighted by molar-refractivity contribution is 0.324. The first-order valence-corrected chi connectivity index (χ1v) is 8.84. The van der Waals surface area contributed by atoms with Crippen LogP contribution in [-0.4, -0.2) is 33.4 Å². The van der Waals surface area contributed by atoms with Crippen molar-refractivity contribution in [1.29, 1.82) is 0 Å². The summed E-state index contributed by atoms with van der Waals surface area (Å²) in [7, 11) is 6.28. The second-order valence-electron chi connectivity index (χ2n) is 5.60. The molecule has 0 unspecified atom stereocenters. The van der Waals surface area contributed by atoms with Crippen LogP contribution in [0.1, 0.15) is 0 Å². The Bertz CT molecular complexity index is 947. The van der Waals surface area contributed by atoms with Gasteiger partial charge in [-0.1, -0.05) is 11.3 Å². The first-order valence-electron chi connectivity index (χ1n) is 8.03. The Morgan fingerprint density at radius 2 is 1.41 bits per heavy atom. The SMILES string of the molecule is COc1ccc(-c2sc(N)nc2-c2cc(OC)c(OC)c(OC)c2)cc1N. The van der Waals surface area contributed by atoms with Gasteiger partial charge >= 0.3 is 0 Å². The van der Waals surface area contributed by atoms with Crippen molar-refractivity contribution in [1.82, 2.24) is 4.98 Å². The molecule has 0 spiro atoms. The van der Waals surface area contributed by atoms with Crippen LogP contribution in [0.2, 0.25) is 0 Å². The Labute approximate surface area is 161 Å². The lowest BCUT2D eigenvalue weighted by Crippen LogP contribution is -1.96. The number of ether oxygens (including phenoxy) is 4. The number of benzene rings is 2. The van der Waals surface area contributed by atoms with Crippen molar-refractivity contribution in [2.24, 2.45) is 0 Å². The molecule has 7 nitrogen and oxygen atoms in total. The van der Waals surface area contributed by atoms with Crippen molar-refractivity contribution in [3.63, 3.8) is 0 Å². The molecule has 0 aliphatic carbocycles. The quantitative estimate of drug-likeness (QED) is 0.622. The predicted octanol–water partition coefficient (Wildman–Crippen LogP) is 3.68. The summed E-state index contributed by atoms with van der Waals surface area (Å²) in [6.07, 6.45) is 0. The molecule has 0 radical (unpaired) electrons. The molecule has 0 amide bonds. The minimum atomic E-state index is 0.447. The molecule has 0 saturated heterocycles. The smallest absolute Gasteiger partial charge is 0.203 e.